The molecule has 4 aromatic rings. The highest BCUT2D eigenvalue weighted by Crippen LogP contribution is 2.52. The van der Waals surface area contributed by atoms with Gasteiger partial charge in [-0.1, -0.05) is 90.1 Å². The average molecular weight is 1220 g/mol. The number of hydrogen-bond donors (Lipinski definition) is 6. The van der Waals surface area contributed by atoms with E-state index in [4.69, 9.17) is 28.4 Å². The molecule has 6 N–H and O–H groups in total. The van der Waals surface area contributed by atoms with Crippen LogP contribution in [0.15, 0.2) is 48.5 Å². The van der Waals surface area contributed by atoms with Crippen molar-refractivity contribution in [3.63, 3.8) is 0 Å². The summed E-state index contributed by atoms with van der Waals surface area (Å²) < 4.78 is 35.2. The Bertz CT molecular complexity index is 3340. The number of nitrogens with one attached hydrogen (secondary N) is 6. The van der Waals surface area contributed by atoms with Gasteiger partial charge in [0.05, 0.1) is 0 Å². The molecule has 2 atom stereocenters. The van der Waals surface area contributed by atoms with Gasteiger partial charge in [0.1, 0.15) is 47.9 Å². The molecule has 4 aromatic carbocycles. The summed E-state index contributed by atoms with van der Waals surface area (Å²) in [4.78, 5) is 127. The lowest BCUT2D eigenvalue weighted by atomic mass is 9.91. The van der Waals surface area contributed by atoms with E-state index >= 15 is 0 Å². The average Bonchev–Trinajstić information content (AvgIpc) is 0.909. The van der Waals surface area contributed by atoms with Crippen molar-refractivity contribution in [2.75, 3.05) is 13.1 Å². The maximum absolute atomic E-state index is 13.0. The molecular weight excluding hydrogens is 1130 g/mol. The molecule has 0 bridgehead atoms. The highest BCUT2D eigenvalue weighted by molar-refractivity contribution is 6.02. The molecule has 0 aromatic heterocycles. The number of fused-ring (bicyclic) bond motifs is 6. The second-order valence-corrected chi connectivity index (χ2v) is 27.5. The lowest BCUT2D eigenvalue weighted by Crippen LogP contribution is -2.54. The normalized spacial score (nSPS) is 14.8. The maximum Gasteiger partial charge on any atom is 0.330 e. The van der Waals surface area contributed by atoms with E-state index in [-0.39, 0.29) is 60.5 Å². The smallest absolute Gasteiger partial charge is 0.330 e. The topological polar surface area (TPSA) is 298 Å². The zero-order valence-corrected chi connectivity index (χ0v) is 54.4. The molecule has 2 unspecified atom stereocenters. The number of ether oxygens (including phenoxy) is 6. The summed E-state index contributed by atoms with van der Waals surface area (Å²) >= 11 is 0. The van der Waals surface area contributed by atoms with E-state index in [9.17, 15) is 47.9 Å². The molecule has 480 valence electrons. The second-order valence-electron chi connectivity index (χ2n) is 27.5. The van der Waals surface area contributed by atoms with E-state index in [0.717, 1.165) is 5.39 Å². The third-order valence-electron chi connectivity index (χ3n) is 13.8. The molecule has 0 aliphatic carbocycles. The van der Waals surface area contributed by atoms with E-state index < -0.39 is 106 Å². The van der Waals surface area contributed by atoms with Crippen LogP contribution in [0.4, 0.5) is 0 Å². The maximum atomic E-state index is 13.0. The van der Waals surface area contributed by atoms with Gasteiger partial charge in [-0.15, -0.1) is 0 Å². The molecule has 0 saturated heterocycles. The molecule has 2 heterocycles. The van der Waals surface area contributed by atoms with Crippen LogP contribution >= 0.6 is 0 Å². The first-order chi connectivity index (χ1) is 40.5. The zero-order chi connectivity index (χ0) is 66.1. The molecule has 22 heteroatoms. The Labute approximate surface area is 515 Å². The SMILES string of the molecule is CC(=O)Oc1c(OC(=O)CNC(=O)CCC(NC(=O)C(C)(C)C)C(=O)NC(C)(C)C)c2c(c3ccccc13)OC(C)(C)CC2.CC(=O)Oc1c2c(c3ccccc3c1OC(=O)CNC(=O)CCC(NC(=O)C(C)(C)C)C(=O)NC(C)(C)C)OC(C)(C)CC2. The third kappa shape index (κ3) is 20.4. The Kier molecular flexibility index (Phi) is 22.6. The van der Waals surface area contributed by atoms with Crippen molar-refractivity contribution < 1.29 is 76.4 Å². The van der Waals surface area contributed by atoms with Crippen molar-refractivity contribution >= 4 is 80.9 Å². The van der Waals surface area contributed by atoms with Crippen molar-refractivity contribution in [1.29, 1.82) is 0 Å². The molecule has 6 rings (SSSR count). The number of amides is 6. The quantitative estimate of drug-likeness (QED) is 0.0404. The molecule has 2 aliphatic rings. The minimum Gasteiger partial charge on any atom is -0.487 e. The molecule has 0 fully saturated rings. The monoisotopic (exact) mass is 1220 g/mol. The predicted molar refractivity (Wildman–Crippen MR) is 331 cm³/mol. The fraction of sp³-hybridized carbons (Fsp3) is 0.545. The standard InChI is InChI=1S/2C33H45N3O8/c1-19(37)42-28-22-16-17-33(8,9)44-26(22)20-12-10-11-13-21(20)27(28)43-25(39)18-34-24(38)15-14-23(29(40)36-32(5,6)7)35-30(41)31(2,3)4;1-19(37)42-27-21-13-11-10-12-20(21)26-22(16-17-33(8,9)44-26)28(27)43-25(39)18-34-24(38)15-14-23(29(40)36-32(5,6)7)35-30(41)31(2,3)4/h2*10-13,23H,14-18H2,1-9H3,(H,34,38)(H,35,41)(H,36,40). The molecule has 6 amide bonds. The Morgan fingerprint density at radius 2 is 0.795 bits per heavy atom. The molecule has 0 spiro atoms. The fourth-order valence-electron chi connectivity index (χ4n) is 9.28. The summed E-state index contributed by atoms with van der Waals surface area (Å²) in [5.41, 5.74) is -2.22. The lowest BCUT2D eigenvalue weighted by Gasteiger charge is -2.34. The van der Waals surface area contributed by atoms with E-state index in [1.165, 1.54) is 13.8 Å². The molecular formula is C66H90N6O16. The van der Waals surface area contributed by atoms with Gasteiger partial charge in [0.15, 0.2) is 23.0 Å². The van der Waals surface area contributed by atoms with Crippen LogP contribution in [0.1, 0.15) is 174 Å². The zero-order valence-electron chi connectivity index (χ0n) is 54.4. The largest absolute Gasteiger partial charge is 0.487 e. The minimum absolute atomic E-state index is 0.0204. The molecule has 0 radical (unpaired) electrons. The van der Waals surface area contributed by atoms with Gasteiger partial charge in [-0.25, -0.2) is 9.59 Å². The van der Waals surface area contributed by atoms with E-state index in [0.29, 0.717) is 64.5 Å². The van der Waals surface area contributed by atoms with Gasteiger partial charge >= 0.3 is 23.9 Å². The number of rotatable bonds is 18. The summed E-state index contributed by atoms with van der Waals surface area (Å²) in [5, 5.41) is 18.7. The fourth-order valence-corrected chi connectivity index (χ4v) is 9.28. The summed E-state index contributed by atoms with van der Waals surface area (Å²) in [5.74, 6) is -3.72. The van der Waals surface area contributed by atoms with Crippen LogP contribution in [0.5, 0.6) is 34.5 Å². The van der Waals surface area contributed by atoms with Crippen molar-refractivity contribution in [3.05, 3.63) is 59.7 Å². The van der Waals surface area contributed by atoms with E-state index in [1.54, 1.807) is 65.8 Å². The summed E-state index contributed by atoms with van der Waals surface area (Å²) in [6.45, 7) is 30.8. The Hall–Kier alpha value is -8.30. The van der Waals surface area contributed by atoms with Gasteiger partial charge in [0, 0.05) is 81.3 Å². The van der Waals surface area contributed by atoms with Crippen LogP contribution in [0, 0.1) is 10.8 Å². The van der Waals surface area contributed by atoms with Gasteiger partial charge in [-0.2, -0.15) is 0 Å². The van der Waals surface area contributed by atoms with Crippen molar-refractivity contribution in [1.82, 2.24) is 31.9 Å². The number of esters is 4. The summed E-state index contributed by atoms with van der Waals surface area (Å²) in [6, 6.07) is 12.5. The van der Waals surface area contributed by atoms with Crippen molar-refractivity contribution in [3.8, 4) is 34.5 Å². The van der Waals surface area contributed by atoms with Crippen LogP contribution in [0.2, 0.25) is 0 Å². The highest BCUT2D eigenvalue weighted by atomic mass is 16.6. The van der Waals surface area contributed by atoms with Crippen molar-refractivity contribution in [2.24, 2.45) is 10.8 Å². The summed E-state index contributed by atoms with van der Waals surface area (Å²) in [6.07, 6.45) is 2.11. The Morgan fingerprint density at radius 3 is 1.14 bits per heavy atom. The van der Waals surface area contributed by atoms with Crippen LogP contribution < -0.4 is 60.3 Å². The molecule has 0 saturated carbocycles. The lowest BCUT2D eigenvalue weighted by molar-refractivity contribution is -0.137. The predicted octanol–water partition coefficient (Wildman–Crippen LogP) is 8.23. The van der Waals surface area contributed by atoms with E-state index in [1.807, 2.05) is 93.5 Å². The number of hydrogen-bond acceptors (Lipinski definition) is 16. The molecule has 2 aliphatic heterocycles. The van der Waals surface area contributed by atoms with E-state index in [2.05, 4.69) is 31.9 Å². The van der Waals surface area contributed by atoms with Gasteiger partial charge in [-0.05, 0) is 108 Å². The Morgan fingerprint density at radius 1 is 0.477 bits per heavy atom. The minimum atomic E-state index is -0.946. The van der Waals surface area contributed by atoms with Crippen LogP contribution in [0.3, 0.4) is 0 Å². The first-order valence-corrected chi connectivity index (χ1v) is 29.7. The summed E-state index contributed by atoms with van der Waals surface area (Å²) in [7, 11) is 0. The van der Waals surface area contributed by atoms with Gasteiger partial charge in [-0.3, -0.25) is 38.4 Å². The first kappa shape index (κ1) is 70.5. The van der Waals surface area contributed by atoms with Gasteiger partial charge in [0.2, 0.25) is 35.4 Å². The number of carbonyl (C=O) groups excluding carboxylic acids is 10. The van der Waals surface area contributed by atoms with Crippen LogP contribution in [-0.2, 0) is 60.8 Å². The Balaban J connectivity index is 0.000000321. The van der Waals surface area contributed by atoms with Crippen LogP contribution in [0.25, 0.3) is 21.5 Å². The second kappa shape index (κ2) is 28.2. The van der Waals surface area contributed by atoms with Gasteiger partial charge < -0.3 is 60.3 Å². The molecule has 88 heavy (non-hydrogen) atoms. The van der Waals surface area contributed by atoms with Crippen molar-refractivity contribution in [2.45, 2.75) is 210 Å². The van der Waals surface area contributed by atoms with Gasteiger partial charge in [0.25, 0.3) is 0 Å². The first-order valence-electron chi connectivity index (χ1n) is 29.7. The van der Waals surface area contributed by atoms with Crippen LogP contribution in [-0.4, -0.2) is 107 Å². The molecule has 22 nitrogen and oxygen atoms in total. The third-order valence-corrected chi connectivity index (χ3v) is 13.8. The highest BCUT2D eigenvalue weighted by Gasteiger charge is 2.37. The number of carbonyl (C=O) groups is 10. The number of benzene rings is 4.